The molecule has 1 fully saturated rings. The molecule has 1 nitrogen and oxygen atoms in total. The van der Waals surface area contributed by atoms with Crippen LogP contribution in [0.1, 0.15) is 24.8 Å². The van der Waals surface area contributed by atoms with Crippen molar-refractivity contribution in [1.82, 2.24) is 0 Å². The van der Waals surface area contributed by atoms with E-state index in [1.54, 1.807) is 0 Å². The minimum absolute atomic E-state index is 0.438. The molecular formula is C12H10F4O. The standard InChI is InChI=1S/C12H10F4O/c13-9-3-1-8(2-4-9)11(5-6-11)7-10(17)12(14,15)16/h1-4H,5-7H2. The number of rotatable bonds is 3. The Labute approximate surface area is 95.4 Å². The van der Waals surface area contributed by atoms with Crippen molar-refractivity contribution in [2.75, 3.05) is 0 Å². The summed E-state index contributed by atoms with van der Waals surface area (Å²) < 4.78 is 49.2. The number of Topliss-reactive ketones (excluding diaryl/α,β-unsaturated/α-hetero) is 1. The molecule has 17 heavy (non-hydrogen) atoms. The van der Waals surface area contributed by atoms with Crippen molar-refractivity contribution < 1.29 is 22.4 Å². The molecule has 0 amide bonds. The first-order valence-corrected chi connectivity index (χ1v) is 5.20. The van der Waals surface area contributed by atoms with Crippen LogP contribution in [0.2, 0.25) is 0 Å². The summed E-state index contributed by atoms with van der Waals surface area (Å²) in [6.45, 7) is 0. The number of ketones is 1. The van der Waals surface area contributed by atoms with Crippen molar-refractivity contribution in [3.8, 4) is 0 Å². The average Bonchev–Trinajstić information content (AvgIpc) is 2.98. The summed E-state index contributed by atoms with van der Waals surface area (Å²) >= 11 is 0. The summed E-state index contributed by atoms with van der Waals surface area (Å²) in [5.74, 6) is -2.15. The summed E-state index contributed by atoms with van der Waals surface area (Å²) in [6.07, 6.45) is -4.24. The number of carbonyl (C=O) groups is 1. The zero-order valence-corrected chi connectivity index (χ0v) is 8.85. The number of hydrogen-bond acceptors (Lipinski definition) is 1. The minimum atomic E-state index is -4.78. The van der Waals surface area contributed by atoms with Gasteiger partial charge in [0.05, 0.1) is 0 Å². The predicted molar refractivity (Wildman–Crippen MR) is 53.0 cm³/mol. The second-order valence-electron chi connectivity index (χ2n) is 4.38. The molecule has 0 saturated heterocycles. The van der Waals surface area contributed by atoms with E-state index in [0.717, 1.165) is 0 Å². The Morgan fingerprint density at radius 3 is 2.12 bits per heavy atom. The summed E-state index contributed by atoms with van der Waals surface area (Å²) in [7, 11) is 0. The van der Waals surface area contributed by atoms with Gasteiger partial charge in [0.25, 0.3) is 0 Å². The van der Waals surface area contributed by atoms with Gasteiger partial charge in [-0.1, -0.05) is 12.1 Å². The van der Waals surface area contributed by atoms with E-state index in [-0.39, 0.29) is 0 Å². The molecule has 0 heterocycles. The van der Waals surface area contributed by atoms with Gasteiger partial charge in [-0.3, -0.25) is 4.79 Å². The van der Waals surface area contributed by atoms with E-state index < -0.39 is 29.6 Å². The van der Waals surface area contributed by atoms with E-state index in [0.29, 0.717) is 18.4 Å². The molecule has 0 aromatic heterocycles. The lowest BCUT2D eigenvalue weighted by atomic mass is 9.90. The van der Waals surface area contributed by atoms with E-state index in [2.05, 4.69) is 0 Å². The van der Waals surface area contributed by atoms with E-state index in [9.17, 15) is 22.4 Å². The Balaban J connectivity index is 2.15. The Kier molecular flexibility index (Phi) is 2.72. The Morgan fingerprint density at radius 1 is 1.18 bits per heavy atom. The fourth-order valence-electron chi connectivity index (χ4n) is 1.93. The van der Waals surface area contributed by atoms with Crippen LogP contribution in [0.5, 0.6) is 0 Å². The third-order valence-corrected chi connectivity index (χ3v) is 3.13. The maximum Gasteiger partial charge on any atom is 0.450 e. The first-order chi connectivity index (χ1) is 7.83. The highest BCUT2D eigenvalue weighted by atomic mass is 19.4. The van der Waals surface area contributed by atoms with E-state index in [1.165, 1.54) is 24.3 Å². The smallest absolute Gasteiger partial charge is 0.290 e. The largest absolute Gasteiger partial charge is 0.450 e. The van der Waals surface area contributed by atoms with Gasteiger partial charge in [-0.25, -0.2) is 4.39 Å². The number of benzene rings is 1. The van der Waals surface area contributed by atoms with Gasteiger partial charge in [0, 0.05) is 11.8 Å². The third kappa shape index (κ3) is 2.48. The van der Waals surface area contributed by atoms with Crippen LogP contribution in [-0.2, 0) is 10.2 Å². The van der Waals surface area contributed by atoms with Crippen LogP contribution in [0.25, 0.3) is 0 Å². The van der Waals surface area contributed by atoms with E-state index >= 15 is 0 Å². The van der Waals surface area contributed by atoms with Gasteiger partial charge in [-0.15, -0.1) is 0 Å². The van der Waals surface area contributed by atoms with Crippen molar-refractivity contribution in [2.24, 2.45) is 0 Å². The molecule has 0 radical (unpaired) electrons. The lowest BCUT2D eigenvalue weighted by molar-refractivity contribution is -0.171. The maximum absolute atomic E-state index is 12.7. The fraction of sp³-hybridized carbons (Fsp3) is 0.417. The molecule has 0 unspecified atom stereocenters. The number of alkyl halides is 3. The molecule has 5 heteroatoms. The second kappa shape index (κ2) is 3.82. The van der Waals surface area contributed by atoms with Gasteiger partial charge in [0.1, 0.15) is 5.82 Å². The molecule has 0 bridgehead atoms. The van der Waals surface area contributed by atoms with Gasteiger partial charge in [0.2, 0.25) is 5.78 Å². The van der Waals surface area contributed by atoms with Crippen LogP contribution in [0.15, 0.2) is 24.3 Å². The number of hydrogen-bond donors (Lipinski definition) is 0. The molecule has 92 valence electrons. The highest BCUT2D eigenvalue weighted by molar-refractivity contribution is 5.85. The lowest BCUT2D eigenvalue weighted by Crippen LogP contribution is -2.27. The quantitative estimate of drug-likeness (QED) is 0.747. The highest BCUT2D eigenvalue weighted by Gasteiger charge is 2.51. The molecule has 1 aromatic rings. The van der Waals surface area contributed by atoms with Gasteiger partial charge < -0.3 is 0 Å². The van der Waals surface area contributed by atoms with Crippen molar-refractivity contribution in [3.05, 3.63) is 35.6 Å². The van der Waals surface area contributed by atoms with Crippen LogP contribution in [0.3, 0.4) is 0 Å². The predicted octanol–water partition coefficient (Wildman–Crippen LogP) is 3.38. The summed E-state index contributed by atoms with van der Waals surface area (Å²) in [6, 6.07) is 5.30. The first kappa shape index (κ1) is 12.1. The molecule has 1 saturated carbocycles. The van der Waals surface area contributed by atoms with Crippen LogP contribution in [-0.4, -0.2) is 12.0 Å². The van der Waals surface area contributed by atoms with Crippen molar-refractivity contribution in [1.29, 1.82) is 0 Å². The molecule has 1 aromatic carbocycles. The summed E-state index contributed by atoms with van der Waals surface area (Å²) in [5, 5.41) is 0. The van der Waals surface area contributed by atoms with Crippen LogP contribution in [0.4, 0.5) is 17.6 Å². The Morgan fingerprint density at radius 2 is 1.71 bits per heavy atom. The third-order valence-electron chi connectivity index (χ3n) is 3.13. The number of carbonyl (C=O) groups excluding carboxylic acids is 1. The zero-order valence-electron chi connectivity index (χ0n) is 8.85. The van der Waals surface area contributed by atoms with Gasteiger partial charge >= 0.3 is 6.18 Å². The van der Waals surface area contributed by atoms with Gasteiger partial charge in [-0.2, -0.15) is 13.2 Å². The van der Waals surface area contributed by atoms with Gasteiger partial charge in [0.15, 0.2) is 0 Å². The highest BCUT2D eigenvalue weighted by Crippen LogP contribution is 2.52. The van der Waals surface area contributed by atoms with Crippen molar-refractivity contribution in [3.63, 3.8) is 0 Å². The Hall–Kier alpha value is -1.39. The van der Waals surface area contributed by atoms with E-state index in [1.807, 2.05) is 0 Å². The average molecular weight is 246 g/mol. The van der Waals surface area contributed by atoms with E-state index in [4.69, 9.17) is 0 Å². The molecule has 0 atom stereocenters. The van der Waals surface area contributed by atoms with Crippen LogP contribution < -0.4 is 0 Å². The maximum atomic E-state index is 12.7. The normalized spacial score (nSPS) is 17.9. The molecule has 1 aliphatic carbocycles. The molecule has 0 N–H and O–H groups in total. The monoisotopic (exact) mass is 246 g/mol. The lowest BCUT2D eigenvalue weighted by Gasteiger charge is -2.15. The van der Waals surface area contributed by atoms with Crippen molar-refractivity contribution >= 4 is 5.78 Å². The van der Waals surface area contributed by atoms with Crippen LogP contribution in [0, 0.1) is 5.82 Å². The topological polar surface area (TPSA) is 17.1 Å². The van der Waals surface area contributed by atoms with Gasteiger partial charge in [-0.05, 0) is 30.5 Å². The summed E-state index contributed by atoms with van der Waals surface area (Å²) in [5.41, 5.74) is -0.114. The SMILES string of the molecule is O=C(CC1(c2ccc(F)cc2)CC1)C(F)(F)F. The first-order valence-electron chi connectivity index (χ1n) is 5.20. The van der Waals surface area contributed by atoms with Crippen LogP contribution >= 0.6 is 0 Å². The number of halogens is 4. The van der Waals surface area contributed by atoms with Crippen molar-refractivity contribution in [2.45, 2.75) is 30.9 Å². The zero-order chi connectivity index (χ0) is 12.7. The molecule has 0 aliphatic heterocycles. The molecule has 2 rings (SSSR count). The minimum Gasteiger partial charge on any atom is -0.290 e. The molecule has 1 aliphatic rings. The molecule has 0 spiro atoms. The summed E-state index contributed by atoms with van der Waals surface area (Å²) in [4.78, 5) is 11.0. The second-order valence-corrected chi connectivity index (χ2v) is 4.38. The Bertz CT molecular complexity index is 429. The molecular weight excluding hydrogens is 236 g/mol. The fourth-order valence-corrected chi connectivity index (χ4v) is 1.93.